The molecule has 34 heavy (non-hydrogen) atoms. The van der Waals surface area contributed by atoms with Gasteiger partial charge in [0, 0.05) is 30.0 Å². The van der Waals surface area contributed by atoms with Gasteiger partial charge in [-0.3, -0.25) is 19.8 Å². The Bertz CT molecular complexity index is 943. The second-order valence-corrected chi connectivity index (χ2v) is 9.92. The van der Waals surface area contributed by atoms with E-state index < -0.39 is 28.6 Å². The molecule has 186 valence electrons. The lowest BCUT2D eigenvalue weighted by atomic mass is 9.60. The van der Waals surface area contributed by atoms with Crippen LogP contribution in [0.5, 0.6) is 0 Å². The van der Waals surface area contributed by atoms with E-state index in [-0.39, 0.29) is 37.5 Å². The number of carboxylic acid groups (broad SMARTS) is 1. The van der Waals surface area contributed by atoms with E-state index in [9.17, 15) is 19.5 Å². The van der Waals surface area contributed by atoms with Crippen LogP contribution in [-0.4, -0.2) is 38.9 Å². The Balaban J connectivity index is 2.37. The van der Waals surface area contributed by atoms with E-state index >= 15 is 0 Å². The molecule has 2 rings (SSSR count). The minimum absolute atomic E-state index is 0.000725. The Labute approximate surface area is 201 Å². The largest absolute Gasteiger partial charge is 0.481 e. The summed E-state index contributed by atoms with van der Waals surface area (Å²) < 4.78 is 1.66. The van der Waals surface area contributed by atoms with Gasteiger partial charge in [-0.05, 0) is 37.3 Å². The molecule has 9 nitrogen and oxygen atoms in total. The molecule has 0 fully saturated rings. The molecule has 1 heterocycles. The number of hydrogen-bond donors (Lipinski definition) is 4. The maximum Gasteiger partial charge on any atom is 0.307 e. The Kier molecular flexibility index (Phi) is 9.37. The Hall–Kier alpha value is -3.20. The lowest BCUT2D eigenvalue weighted by molar-refractivity contribution is -0.158. The van der Waals surface area contributed by atoms with Crippen LogP contribution in [0.2, 0.25) is 0 Å². The predicted octanol–water partition coefficient (Wildman–Crippen LogP) is 3.09. The SMILES string of the molecule is CC(C)C[C@](CC(C)(C)C(=O)Cn1ccnc1)(C(=O)NN)[C@H](CCNc1ccccc1)C(=O)O. The Morgan fingerprint density at radius 3 is 2.38 bits per heavy atom. The molecule has 0 radical (unpaired) electrons. The number of para-hydroxylation sites is 1. The van der Waals surface area contributed by atoms with Gasteiger partial charge in [-0.1, -0.05) is 45.9 Å². The average Bonchev–Trinajstić information content (AvgIpc) is 3.28. The molecule has 1 aromatic carbocycles. The van der Waals surface area contributed by atoms with E-state index in [1.807, 2.05) is 44.2 Å². The van der Waals surface area contributed by atoms with Crippen LogP contribution in [-0.2, 0) is 20.9 Å². The first-order chi connectivity index (χ1) is 16.0. The molecule has 0 saturated heterocycles. The number of rotatable bonds is 14. The highest BCUT2D eigenvalue weighted by atomic mass is 16.4. The fourth-order valence-corrected chi connectivity index (χ4v) is 4.74. The third-order valence-electron chi connectivity index (χ3n) is 6.25. The third-order valence-corrected chi connectivity index (χ3v) is 6.25. The van der Waals surface area contributed by atoms with Crippen molar-refractivity contribution in [1.82, 2.24) is 15.0 Å². The Morgan fingerprint density at radius 1 is 1.18 bits per heavy atom. The number of aromatic nitrogens is 2. The van der Waals surface area contributed by atoms with E-state index in [0.717, 1.165) is 5.69 Å². The zero-order valence-electron chi connectivity index (χ0n) is 20.5. The number of ketones is 1. The zero-order valence-corrected chi connectivity index (χ0v) is 20.5. The van der Waals surface area contributed by atoms with Crippen molar-refractivity contribution < 1.29 is 19.5 Å². The molecule has 0 spiro atoms. The summed E-state index contributed by atoms with van der Waals surface area (Å²) in [6.07, 6.45) is 5.35. The second-order valence-electron chi connectivity index (χ2n) is 9.92. The monoisotopic (exact) mass is 471 g/mol. The van der Waals surface area contributed by atoms with Gasteiger partial charge in [0.25, 0.3) is 0 Å². The van der Waals surface area contributed by atoms with Crippen LogP contribution in [0.3, 0.4) is 0 Å². The van der Waals surface area contributed by atoms with Crippen LogP contribution in [0.15, 0.2) is 49.1 Å². The van der Waals surface area contributed by atoms with Crippen molar-refractivity contribution in [2.24, 2.45) is 28.5 Å². The van der Waals surface area contributed by atoms with Gasteiger partial charge in [0.15, 0.2) is 5.78 Å². The van der Waals surface area contributed by atoms with E-state index in [4.69, 9.17) is 5.84 Å². The maximum absolute atomic E-state index is 13.3. The minimum Gasteiger partial charge on any atom is -0.481 e. The molecule has 0 unspecified atom stereocenters. The van der Waals surface area contributed by atoms with Crippen LogP contribution >= 0.6 is 0 Å². The van der Waals surface area contributed by atoms with Gasteiger partial charge in [0.1, 0.15) is 0 Å². The van der Waals surface area contributed by atoms with Gasteiger partial charge in [0.2, 0.25) is 5.91 Å². The molecule has 2 atom stereocenters. The van der Waals surface area contributed by atoms with Crippen molar-refractivity contribution in [3.63, 3.8) is 0 Å². The van der Waals surface area contributed by atoms with Crippen LogP contribution in [0.1, 0.15) is 47.0 Å². The first kappa shape index (κ1) is 27.0. The first-order valence-corrected chi connectivity index (χ1v) is 11.5. The summed E-state index contributed by atoms with van der Waals surface area (Å²) in [6, 6.07) is 9.45. The van der Waals surface area contributed by atoms with Gasteiger partial charge in [0.05, 0.1) is 24.2 Å². The lowest BCUT2D eigenvalue weighted by Gasteiger charge is -2.43. The predicted molar refractivity (Wildman–Crippen MR) is 131 cm³/mol. The molecule has 2 aromatic rings. The van der Waals surface area contributed by atoms with E-state index in [1.54, 1.807) is 37.1 Å². The maximum atomic E-state index is 13.3. The summed E-state index contributed by atoms with van der Waals surface area (Å²) >= 11 is 0. The normalized spacial score (nSPS) is 14.3. The fraction of sp³-hybridized carbons (Fsp3) is 0.520. The van der Waals surface area contributed by atoms with Crippen LogP contribution in [0.4, 0.5) is 5.69 Å². The van der Waals surface area contributed by atoms with Gasteiger partial charge < -0.3 is 15.0 Å². The smallest absolute Gasteiger partial charge is 0.307 e. The van der Waals surface area contributed by atoms with Crippen molar-refractivity contribution in [2.45, 2.75) is 53.5 Å². The summed E-state index contributed by atoms with van der Waals surface area (Å²) in [4.78, 5) is 43.1. The third kappa shape index (κ3) is 6.90. The molecule has 1 aromatic heterocycles. The second kappa shape index (κ2) is 11.8. The first-order valence-electron chi connectivity index (χ1n) is 11.5. The summed E-state index contributed by atoms with van der Waals surface area (Å²) in [7, 11) is 0. The Morgan fingerprint density at radius 2 is 1.85 bits per heavy atom. The number of carboxylic acids is 1. The van der Waals surface area contributed by atoms with Crippen molar-refractivity contribution in [2.75, 3.05) is 11.9 Å². The van der Waals surface area contributed by atoms with Gasteiger partial charge >= 0.3 is 5.97 Å². The number of aliphatic carboxylic acids is 1. The molecule has 0 aliphatic heterocycles. The van der Waals surface area contributed by atoms with E-state index in [1.165, 1.54) is 0 Å². The van der Waals surface area contributed by atoms with Crippen LogP contribution < -0.4 is 16.6 Å². The number of amides is 1. The molecule has 0 aliphatic carbocycles. The van der Waals surface area contributed by atoms with Crippen LogP contribution in [0.25, 0.3) is 0 Å². The van der Waals surface area contributed by atoms with E-state index in [2.05, 4.69) is 15.7 Å². The highest BCUT2D eigenvalue weighted by molar-refractivity contribution is 5.90. The number of anilines is 1. The highest BCUT2D eigenvalue weighted by Gasteiger charge is 2.52. The molecule has 5 N–H and O–H groups in total. The van der Waals surface area contributed by atoms with Gasteiger partial charge in [-0.25, -0.2) is 10.8 Å². The number of Topliss-reactive ketones (excluding diaryl/α,β-unsaturated/α-hetero) is 1. The van der Waals surface area contributed by atoms with Crippen molar-refractivity contribution in [1.29, 1.82) is 0 Å². The highest BCUT2D eigenvalue weighted by Crippen LogP contribution is 2.47. The van der Waals surface area contributed by atoms with Crippen molar-refractivity contribution >= 4 is 23.3 Å². The number of hydrogen-bond acceptors (Lipinski definition) is 6. The van der Waals surface area contributed by atoms with Crippen LogP contribution in [0, 0.1) is 22.7 Å². The van der Waals surface area contributed by atoms with E-state index in [0.29, 0.717) is 6.54 Å². The lowest BCUT2D eigenvalue weighted by Crippen LogP contribution is -2.54. The number of nitrogens with zero attached hydrogens (tertiary/aromatic N) is 2. The summed E-state index contributed by atoms with van der Waals surface area (Å²) in [5.74, 6) is 2.78. The molecular formula is C25H37N5O4. The minimum atomic E-state index is -1.37. The van der Waals surface area contributed by atoms with Gasteiger partial charge in [-0.15, -0.1) is 0 Å². The number of benzene rings is 1. The van der Waals surface area contributed by atoms with Crippen molar-refractivity contribution in [3.8, 4) is 0 Å². The summed E-state index contributed by atoms with van der Waals surface area (Å²) in [5, 5.41) is 13.5. The number of imidazole rings is 1. The molecule has 1 amide bonds. The van der Waals surface area contributed by atoms with Gasteiger partial charge in [-0.2, -0.15) is 0 Å². The van der Waals surface area contributed by atoms with Crippen molar-refractivity contribution in [3.05, 3.63) is 49.1 Å². The molecule has 9 heteroatoms. The number of nitrogens with one attached hydrogen (secondary N) is 2. The fourth-order valence-electron chi connectivity index (χ4n) is 4.74. The summed E-state index contributed by atoms with van der Waals surface area (Å²) in [5.41, 5.74) is 0.720. The number of carbonyl (C=O) groups excluding carboxylic acids is 2. The number of hydrazine groups is 1. The molecule has 0 saturated carbocycles. The topological polar surface area (TPSA) is 139 Å². The molecule has 0 bridgehead atoms. The molecular weight excluding hydrogens is 434 g/mol. The average molecular weight is 472 g/mol. The zero-order chi connectivity index (χ0) is 25.4. The number of carbonyl (C=O) groups is 3. The quantitative estimate of drug-likeness (QED) is 0.189. The standard InChI is InChI=1S/C25H37N5O4/c1-18(2)14-25(23(34)29-26,16-24(3,4)21(31)15-30-13-12-27-17-30)20(22(32)33)10-11-28-19-8-6-5-7-9-19/h5-9,12-13,17-18,20,28H,10-11,14-16,26H2,1-4H3,(H,29,34)(H,32,33)/t20-,25-/m1/s1. The summed E-state index contributed by atoms with van der Waals surface area (Å²) in [6.45, 7) is 7.81. The molecule has 0 aliphatic rings. The number of nitrogens with two attached hydrogens (primary N) is 1.